The number of benzene rings is 1. The molecule has 3 aliphatic rings. The van der Waals surface area contributed by atoms with Crippen molar-refractivity contribution in [2.24, 2.45) is 0 Å². The molecule has 3 heterocycles. The maximum absolute atomic E-state index is 12.7. The Bertz CT molecular complexity index is 671. The third kappa shape index (κ3) is 3.44. The van der Waals surface area contributed by atoms with Gasteiger partial charge in [0, 0.05) is 12.6 Å². The van der Waals surface area contributed by atoms with Gasteiger partial charge in [0.05, 0.1) is 12.6 Å². The first-order valence-electron chi connectivity index (χ1n) is 9.16. The van der Waals surface area contributed by atoms with E-state index in [2.05, 4.69) is 35.7 Å². The number of hydrogen-bond donors (Lipinski definition) is 1. The third-order valence-corrected chi connectivity index (χ3v) is 5.32. The van der Waals surface area contributed by atoms with E-state index in [-0.39, 0.29) is 18.2 Å². The van der Waals surface area contributed by atoms with E-state index in [1.54, 1.807) is 0 Å². The van der Waals surface area contributed by atoms with E-state index in [4.69, 9.17) is 9.47 Å². The Balaban J connectivity index is 1.39. The molecule has 3 unspecified atom stereocenters. The van der Waals surface area contributed by atoms with Gasteiger partial charge >= 0.3 is 6.03 Å². The summed E-state index contributed by atoms with van der Waals surface area (Å²) in [5.41, 5.74) is 2.64. The molecule has 4 rings (SSSR count). The van der Waals surface area contributed by atoms with Gasteiger partial charge in [0.25, 0.3) is 0 Å². The van der Waals surface area contributed by atoms with Crippen molar-refractivity contribution in [3.8, 4) is 0 Å². The summed E-state index contributed by atoms with van der Waals surface area (Å²) in [5.74, 6) is -0.549. The molecule has 1 N–H and O–H groups in total. The Morgan fingerprint density at radius 1 is 1.28 bits per heavy atom. The van der Waals surface area contributed by atoms with Crippen LogP contribution < -0.4 is 5.32 Å². The molecule has 0 spiro atoms. The Morgan fingerprint density at radius 2 is 2.08 bits per heavy atom. The molecule has 3 atom stereocenters. The van der Waals surface area contributed by atoms with Crippen molar-refractivity contribution in [2.45, 2.75) is 57.1 Å². The van der Waals surface area contributed by atoms with Gasteiger partial charge in [-0.3, -0.25) is 0 Å². The summed E-state index contributed by atoms with van der Waals surface area (Å²) < 4.78 is 11.3. The highest BCUT2D eigenvalue weighted by Gasteiger charge is 2.40. The van der Waals surface area contributed by atoms with Crippen LogP contribution in [0.1, 0.15) is 38.7 Å². The topological polar surface area (TPSA) is 50.8 Å². The molecule has 1 aromatic rings. The van der Waals surface area contributed by atoms with Crippen molar-refractivity contribution < 1.29 is 14.3 Å². The average molecular weight is 342 g/mol. The van der Waals surface area contributed by atoms with Gasteiger partial charge in [-0.2, -0.15) is 0 Å². The Labute approximate surface area is 149 Å². The molecule has 0 aromatic heterocycles. The van der Waals surface area contributed by atoms with Gasteiger partial charge < -0.3 is 19.7 Å². The monoisotopic (exact) mass is 342 g/mol. The minimum absolute atomic E-state index is 0.0177. The highest BCUT2D eigenvalue weighted by molar-refractivity contribution is 5.78. The van der Waals surface area contributed by atoms with Crippen molar-refractivity contribution in [1.82, 2.24) is 10.2 Å². The van der Waals surface area contributed by atoms with Crippen LogP contribution in [0.3, 0.4) is 0 Å². The largest absolute Gasteiger partial charge is 0.348 e. The number of ether oxygens (including phenoxy) is 2. The average Bonchev–Trinajstić information content (AvgIpc) is 3.09. The summed E-state index contributed by atoms with van der Waals surface area (Å²) in [4.78, 5) is 14.7. The lowest BCUT2D eigenvalue weighted by molar-refractivity contribution is -0.137. The number of hydrogen-bond acceptors (Lipinski definition) is 3. The van der Waals surface area contributed by atoms with E-state index in [1.165, 1.54) is 11.1 Å². The van der Waals surface area contributed by atoms with Crippen molar-refractivity contribution >= 4 is 11.6 Å². The second kappa shape index (κ2) is 6.46. The normalized spacial score (nSPS) is 30.2. The summed E-state index contributed by atoms with van der Waals surface area (Å²) in [5, 5.41) is 3.04. The van der Waals surface area contributed by atoms with Crippen LogP contribution in [0.4, 0.5) is 4.79 Å². The minimum Gasteiger partial charge on any atom is -0.348 e. The zero-order chi connectivity index (χ0) is 17.4. The summed E-state index contributed by atoms with van der Waals surface area (Å²) in [7, 11) is 0. The van der Waals surface area contributed by atoms with Gasteiger partial charge in [0.2, 0.25) is 0 Å². The van der Waals surface area contributed by atoms with Crippen LogP contribution in [0.2, 0.25) is 0 Å². The fourth-order valence-corrected chi connectivity index (χ4v) is 4.17. The van der Waals surface area contributed by atoms with Gasteiger partial charge in [-0.1, -0.05) is 36.4 Å². The quantitative estimate of drug-likeness (QED) is 0.918. The summed E-state index contributed by atoms with van der Waals surface area (Å²) in [6, 6.07) is 11.0. The van der Waals surface area contributed by atoms with Gasteiger partial charge in [0.15, 0.2) is 5.79 Å². The lowest BCUT2D eigenvalue weighted by atomic mass is 9.95. The molecule has 2 saturated heterocycles. The van der Waals surface area contributed by atoms with Crippen molar-refractivity contribution in [1.29, 1.82) is 0 Å². The number of fused-ring (bicyclic) bond motifs is 2. The molecule has 134 valence electrons. The SMILES string of the molecule is CC1(C)OCC(CNC(=O)N2C3C=C(c4ccccc4)CC2CC3)O1. The zero-order valence-corrected chi connectivity index (χ0v) is 14.9. The second-order valence-corrected chi connectivity index (χ2v) is 7.60. The number of nitrogens with zero attached hydrogens (tertiary/aromatic N) is 1. The van der Waals surface area contributed by atoms with Crippen LogP contribution in [0, 0.1) is 0 Å². The van der Waals surface area contributed by atoms with Crippen LogP contribution in [0.5, 0.6) is 0 Å². The number of rotatable bonds is 3. The van der Waals surface area contributed by atoms with E-state index in [9.17, 15) is 4.79 Å². The van der Waals surface area contributed by atoms with Gasteiger partial charge in [0.1, 0.15) is 6.10 Å². The zero-order valence-electron chi connectivity index (χ0n) is 14.9. The Kier molecular flexibility index (Phi) is 4.29. The summed E-state index contributed by atoms with van der Waals surface area (Å²) in [6.45, 7) is 4.82. The van der Waals surface area contributed by atoms with Crippen molar-refractivity contribution in [2.75, 3.05) is 13.2 Å². The highest BCUT2D eigenvalue weighted by atomic mass is 16.7. The first kappa shape index (κ1) is 16.6. The molecule has 25 heavy (non-hydrogen) atoms. The first-order valence-corrected chi connectivity index (χ1v) is 9.16. The van der Waals surface area contributed by atoms with Gasteiger partial charge in [-0.15, -0.1) is 0 Å². The minimum atomic E-state index is -0.549. The fourth-order valence-electron chi connectivity index (χ4n) is 4.17. The molecule has 1 aromatic carbocycles. The van der Waals surface area contributed by atoms with Crippen LogP contribution >= 0.6 is 0 Å². The number of carbonyl (C=O) groups excluding carboxylic acids is 1. The van der Waals surface area contributed by atoms with Crippen molar-refractivity contribution in [3.05, 3.63) is 42.0 Å². The van der Waals surface area contributed by atoms with E-state index < -0.39 is 5.79 Å². The number of nitrogens with one attached hydrogen (secondary N) is 1. The predicted octanol–water partition coefficient (Wildman–Crippen LogP) is 3.17. The summed E-state index contributed by atoms with van der Waals surface area (Å²) in [6.07, 6.45) is 5.25. The molecule has 5 heteroatoms. The molecular formula is C20H26N2O3. The molecule has 3 aliphatic heterocycles. The third-order valence-electron chi connectivity index (χ3n) is 5.32. The van der Waals surface area contributed by atoms with E-state index in [1.807, 2.05) is 24.8 Å². The number of amides is 2. The molecule has 2 bridgehead atoms. The van der Waals surface area contributed by atoms with Crippen LogP contribution in [-0.2, 0) is 9.47 Å². The Hall–Kier alpha value is -1.85. The number of urea groups is 1. The van der Waals surface area contributed by atoms with E-state index in [0.717, 1.165) is 19.3 Å². The molecular weight excluding hydrogens is 316 g/mol. The van der Waals surface area contributed by atoms with Crippen LogP contribution in [0.15, 0.2) is 36.4 Å². The summed E-state index contributed by atoms with van der Waals surface area (Å²) >= 11 is 0. The molecule has 2 fully saturated rings. The molecule has 5 nitrogen and oxygen atoms in total. The molecule has 0 aliphatic carbocycles. The maximum atomic E-state index is 12.7. The maximum Gasteiger partial charge on any atom is 0.318 e. The smallest absolute Gasteiger partial charge is 0.318 e. The van der Waals surface area contributed by atoms with Crippen molar-refractivity contribution in [3.63, 3.8) is 0 Å². The Morgan fingerprint density at radius 3 is 2.76 bits per heavy atom. The van der Waals surface area contributed by atoms with Gasteiger partial charge in [-0.25, -0.2) is 4.79 Å². The lowest BCUT2D eigenvalue weighted by Crippen LogP contribution is -2.50. The lowest BCUT2D eigenvalue weighted by Gasteiger charge is -2.34. The highest BCUT2D eigenvalue weighted by Crippen LogP contribution is 2.38. The molecule has 0 saturated carbocycles. The molecule has 2 amide bonds. The fraction of sp³-hybridized carbons (Fsp3) is 0.550. The number of carbonyl (C=O) groups is 1. The molecule has 0 radical (unpaired) electrons. The van der Waals surface area contributed by atoms with Crippen LogP contribution in [0.25, 0.3) is 5.57 Å². The predicted molar refractivity (Wildman–Crippen MR) is 96.0 cm³/mol. The van der Waals surface area contributed by atoms with E-state index in [0.29, 0.717) is 19.2 Å². The van der Waals surface area contributed by atoms with E-state index >= 15 is 0 Å². The first-order chi connectivity index (χ1) is 12.0. The standard InChI is InChI=1S/C20H26N2O3/c1-20(2)24-13-18(25-20)12-21-19(23)22-16-8-9-17(22)11-15(10-16)14-6-4-3-5-7-14/h3-7,10,16-18H,8-9,11-13H2,1-2H3,(H,21,23). The van der Waals surface area contributed by atoms with Crippen LogP contribution in [-0.4, -0.2) is 48.1 Å². The van der Waals surface area contributed by atoms with Gasteiger partial charge in [-0.05, 0) is 44.2 Å². The second-order valence-electron chi connectivity index (χ2n) is 7.60.